The van der Waals surface area contributed by atoms with Crippen molar-refractivity contribution in [3.05, 3.63) is 76.4 Å². The summed E-state index contributed by atoms with van der Waals surface area (Å²) in [6.07, 6.45) is 1.51. The highest BCUT2D eigenvalue weighted by Gasteiger charge is 2.12. The number of carbonyl (C=O) groups excluding carboxylic acids is 1. The molecule has 3 heteroatoms. The summed E-state index contributed by atoms with van der Waals surface area (Å²) in [5.41, 5.74) is 2.65. The maximum atomic E-state index is 12.3. The van der Waals surface area contributed by atoms with Gasteiger partial charge in [-0.05, 0) is 36.8 Å². The molecule has 0 atom stereocenters. The molecular weight excluding hydrogens is 260 g/mol. The van der Waals surface area contributed by atoms with Crippen LogP contribution in [0.2, 0.25) is 0 Å². The summed E-state index contributed by atoms with van der Waals surface area (Å²) in [4.78, 5) is 12.3. The molecule has 0 aliphatic rings. The molecule has 0 aliphatic heterocycles. The number of allylic oxidation sites excluding steroid dienone is 1. The maximum Gasteiger partial charge on any atom is 0.203 e. The molecule has 0 unspecified atom stereocenters. The SMILES string of the molecule is Cc1cccc(C(=O)/C(C#N)=C/c2cccc(C#N)c2)c1. The smallest absolute Gasteiger partial charge is 0.203 e. The van der Waals surface area contributed by atoms with Crippen LogP contribution in [-0.4, -0.2) is 5.78 Å². The third-order valence-corrected chi connectivity index (χ3v) is 2.97. The molecule has 0 bridgehead atoms. The zero-order valence-electron chi connectivity index (χ0n) is 11.5. The molecule has 0 amide bonds. The summed E-state index contributed by atoms with van der Waals surface area (Å²) in [6.45, 7) is 1.89. The lowest BCUT2D eigenvalue weighted by Crippen LogP contribution is -2.02. The number of carbonyl (C=O) groups is 1. The van der Waals surface area contributed by atoms with E-state index in [1.54, 1.807) is 42.5 Å². The van der Waals surface area contributed by atoms with Crippen molar-refractivity contribution >= 4 is 11.9 Å². The molecular formula is C18H12N2O. The van der Waals surface area contributed by atoms with Gasteiger partial charge >= 0.3 is 0 Å². The highest BCUT2D eigenvalue weighted by atomic mass is 16.1. The van der Waals surface area contributed by atoms with Crippen LogP contribution in [0, 0.1) is 29.6 Å². The molecule has 0 radical (unpaired) electrons. The third kappa shape index (κ3) is 3.43. The van der Waals surface area contributed by atoms with Gasteiger partial charge in [0.15, 0.2) is 0 Å². The van der Waals surface area contributed by atoms with Crippen LogP contribution in [-0.2, 0) is 0 Å². The Morgan fingerprint density at radius 1 is 1.10 bits per heavy atom. The average Bonchev–Trinajstić information content (AvgIpc) is 2.52. The molecule has 100 valence electrons. The maximum absolute atomic E-state index is 12.3. The fourth-order valence-corrected chi connectivity index (χ4v) is 1.96. The van der Waals surface area contributed by atoms with Crippen LogP contribution in [0.15, 0.2) is 54.1 Å². The summed E-state index contributed by atoms with van der Waals surface area (Å²) >= 11 is 0. The number of hydrogen-bond acceptors (Lipinski definition) is 3. The summed E-state index contributed by atoms with van der Waals surface area (Å²) in [6, 6.07) is 17.9. The molecule has 0 N–H and O–H groups in total. The van der Waals surface area contributed by atoms with Gasteiger partial charge in [-0.25, -0.2) is 0 Å². The van der Waals surface area contributed by atoms with Crippen molar-refractivity contribution in [1.82, 2.24) is 0 Å². The van der Waals surface area contributed by atoms with Crippen molar-refractivity contribution in [3.63, 3.8) is 0 Å². The largest absolute Gasteiger partial charge is 0.288 e. The molecule has 0 aromatic heterocycles. The topological polar surface area (TPSA) is 64.7 Å². The molecule has 2 aromatic rings. The Morgan fingerprint density at radius 3 is 2.52 bits per heavy atom. The van der Waals surface area contributed by atoms with E-state index in [1.165, 1.54) is 6.08 Å². The first kappa shape index (κ1) is 14.2. The van der Waals surface area contributed by atoms with Crippen LogP contribution in [0.25, 0.3) is 6.08 Å². The van der Waals surface area contributed by atoms with Gasteiger partial charge in [-0.2, -0.15) is 10.5 Å². The van der Waals surface area contributed by atoms with Crippen LogP contribution in [0.5, 0.6) is 0 Å². The Morgan fingerprint density at radius 2 is 1.86 bits per heavy atom. The van der Waals surface area contributed by atoms with Gasteiger partial charge in [0.1, 0.15) is 11.6 Å². The summed E-state index contributed by atoms with van der Waals surface area (Å²) in [5, 5.41) is 18.1. The van der Waals surface area contributed by atoms with E-state index in [4.69, 9.17) is 5.26 Å². The minimum Gasteiger partial charge on any atom is -0.288 e. The second-order valence-electron chi connectivity index (χ2n) is 4.61. The van der Waals surface area contributed by atoms with E-state index in [0.717, 1.165) is 5.56 Å². The average molecular weight is 272 g/mol. The standard InChI is InChI=1S/C18H12N2O/c1-13-4-2-7-16(8-13)18(21)17(12-20)10-14-5-3-6-15(9-14)11-19/h2-10H,1H3/b17-10+. The summed E-state index contributed by atoms with van der Waals surface area (Å²) in [5.74, 6) is -0.316. The van der Waals surface area contributed by atoms with E-state index in [9.17, 15) is 10.1 Å². The van der Waals surface area contributed by atoms with Crippen molar-refractivity contribution in [2.45, 2.75) is 6.92 Å². The Labute approximate surface area is 123 Å². The van der Waals surface area contributed by atoms with Gasteiger partial charge in [0.05, 0.1) is 11.6 Å². The molecule has 3 nitrogen and oxygen atoms in total. The Balaban J connectivity index is 2.40. The molecule has 2 rings (SSSR count). The number of benzene rings is 2. The molecule has 0 fully saturated rings. The van der Waals surface area contributed by atoms with E-state index in [1.807, 2.05) is 25.1 Å². The first-order valence-electron chi connectivity index (χ1n) is 6.37. The molecule has 0 saturated carbocycles. The fourth-order valence-electron chi connectivity index (χ4n) is 1.96. The number of hydrogen-bond donors (Lipinski definition) is 0. The lowest BCUT2D eigenvalue weighted by molar-refractivity contribution is 0.104. The van der Waals surface area contributed by atoms with E-state index in [-0.39, 0.29) is 11.4 Å². The zero-order chi connectivity index (χ0) is 15.2. The lowest BCUT2D eigenvalue weighted by atomic mass is 10.00. The first-order valence-corrected chi connectivity index (χ1v) is 6.37. The summed E-state index contributed by atoms with van der Waals surface area (Å²) < 4.78 is 0. The number of nitriles is 2. The van der Waals surface area contributed by atoms with E-state index in [2.05, 4.69) is 0 Å². The van der Waals surface area contributed by atoms with Crippen molar-refractivity contribution in [1.29, 1.82) is 10.5 Å². The second-order valence-corrected chi connectivity index (χ2v) is 4.61. The van der Waals surface area contributed by atoms with Crippen molar-refractivity contribution in [3.8, 4) is 12.1 Å². The highest BCUT2D eigenvalue weighted by Crippen LogP contribution is 2.14. The number of aryl methyl sites for hydroxylation is 1. The van der Waals surface area contributed by atoms with Crippen LogP contribution in [0.3, 0.4) is 0 Å². The van der Waals surface area contributed by atoms with Gasteiger partial charge in [0.2, 0.25) is 5.78 Å². The van der Waals surface area contributed by atoms with Gasteiger partial charge in [-0.15, -0.1) is 0 Å². The molecule has 0 saturated heterocycles. The quantitative estimate of drug-likeness (QED) is 0.486. The van der Waals surface area contributed by atoms with Crippen LogP contribution < -0.4 is 0 Å². The van der Waals surface area contributed by atoms with Gasteiger partial charge in [0.25, 0.3) is 0 Å². The van der Waals surface area contributed by atoms with Gasteiger partial charge in [0, 0.05) is 5.56 Å². The molecule has 0 aliphatic carbocycles. The second kappa shape index (κ2) is 6.32. The Hall–Kier alpha value is -3.17. The predicted octanol–water partition coefficient (Wildman–Crippen LogP) is 3.66. The first-order chi connectivity index (χ1) is 10.1. The Bertz CT molecular complexity index is 804. The monoisotopic (exact) mass is 272 g/mol. The van der Waals surface area contributed by atoms with Crippen molar-refractivity contribution < 1.29 is 4.79 Å². The number of rotatable bonds is 3. The minimum atomic E-state index is -0.316. The van der Waals surface area contributed by atoms with Crippen molar-refractivity contribution in [2.75, 3.05) is 0 Å². The molecule has 2 aromatic carbocycles. The van der Waals surface area contributed by atoms with Gasteiger partial charge in [-0.1, -0.05) is 35.9 Å². The van der Waals surface area contributed by atoms with Crippen LogP contribution in [0.4, 0.5) is 0 Å². The normalized spacial score (nSPS) is 10.5. The molecule has 0 spiro atoms. The lowest BCUT2D eigenvalue weighted by Gasteiger charge is -2.01. The van der Waals surface area contributed by atoms with Gasteiger partial charge in [-0.3, -0.25) is 4.79 Å². The van der Waals surface area contributed by atoms with E-state index in [0.29, 0.717) is 16.7 Å². The minimum absolute atomic E-state index is 0.0516. The molecule has 0 heterocycles. The number of ketones is 1. The Kier molecular flexibility index (Phi) is 4.29. The van der Waals surface area contributed by atoms with E-state index < -0.39 is 0 Å². The number of Topliss-reactive ketones (excluding diaryl/α,β-unsaturated/α-hetero) is 1. The predicted molar refractivity (Wildman–Crippen MR) is 80.3 cm³/mol. The van der Waals surface area contributed by atoms with Gasteiger partial charge < -0.3 is 0 Å². The van der Waals surface area contributed by atoms with Crippen molar-refractivity contribution in [2.24, 2.45) is 0 Å². The van der Waals surface area contributed by atoms with Crippen LogP contribution in [0.1, 0.15) is 27.0 Å². The third-order valence-electron chi connectivity index (χ3n) is 2.97. The van der Waals surface area contributed by atoms with Crippen LogP contribution >= 0.6 is 0 Å². The highest BCUT2D eigenvalue weighted by molar-refractivity contribution is 6.14. The fraction of sp³-hybridized carbons (Fsp3) is 0.0556. The summed E-state index contributed by atoms with van der Waals surface area (Å²) in [7, 11) is 0. The molecule has 21 heavy (non-hydrogen) atoms. The number of nitrogens with zero attached hydrogens (tertiary/aromatic N) is 2. The zero-order valence-corrected chi connectivity index (χ0v) is 11.5. The van der Waals surface area contributed by atoms with E-state index >= 15 is 0 Å².